The number of carbonyl (C=O) groups excluding carboxylic acids is 1. The van der Waals surface area contributed by atoms with Crippen LogP contribution < -0.4 is 0 Å². The molecule has 3 rings (SSSR count). The molecule has 1 aromatic carbocycles. The first-order chi connectivity index (χ1) is 9.72. The van der Waals surface area contributed by atoms with Crippen LogP contribution in [-0.2, 0) is 16.1 Å². The predicted molar refractivity (Wildman–Crippen MR) is 77.3 cm³/mol. The molecule has 1 amide bonds. The van der Waals surface area contributed by atoms with Gasteiger partial charge < -0.3 is 9.64 Å². The Bertz CT molecular complexity index is 477. The number of likely N-dealkylation sites (N-methyl/N-ethyl adjacent to an activating group) is 1. The maximum Gasteiger partial charge on any atom is 0.245 e. The van der Waals surface area contributed by atoms with Gasteiger partial charge in [0, 0.05) is 20.1 Å². The molecule has 4 heteroatoms. The molecular formula is C16H22N2O2. The first-order valence-electron chi connectivity index (χ1n) is 7.35. The number of hydrogen-bond acceptors (Lipinski definition) is 3. The van der Waals surface area contributed by atoms with Gasteiger partial charge in [0.2, 0.25) is 5.91 Å². The summed E-state index contributed by atoms with van der Waals surface area (Å²) in [6, 6.07) is 10.1. The van der Waals surface area contributed by atoms with Crippen LogP contribution in [0.25, 0.3) is 0 Å². The van der Waals surface area contributed by atoms with Gasteiger partial charge in [-0.25, -0.2) is 0 Å². The Morgan fingerprint density at radius 3 is 2.80 bits per heavy atom. The minimum absolute atomic E-state index is 0.231. The number of piperazine rings is 1. The van der Waals surface area contributed by atoms with Gasteiger partial charge in [0.15, 0.2) is 0 Å². The highest BCUT2D eigenvalue weighted by molar-refractivity contribution is 5.87. The third-order valence-electron chi connectivity index (χ3n) is 4.53. The fraction of sp³-hybridized carbons (Fsp3) is 0.562. The molecule has 0 radical (unpaired) electrons. The lowest BCUT2D eigenvalue weighted by molar-refractivity contribution is -0.152. The highest BCUT2D eigenvalue weighted by Crippen LogP contribution is 2.34. The molecule has 2 fully saturated rings. The van der Waals surface area contributed by atoms with Crippen molar-refractivity contribution in [3.63, 3.8) is 0 Å². The summed E-state index contributed by atoms with van der Waals surface area (Å²) < 4.78 is 5.89. The molecular weight excluding hydrogens is 252 g/mol. The van der Waals surface area contributed by atoms with Crippen LogP contribution in [0.1, 0.15) is 18.4 Å². The lowest BCUT2D eigenvalue weighted by atomic mass is 9.93. The standard InChI is InChI=1S/C16H22N2O2/c1-17-10-11-18-9-5-8-16(18,15(17)19)13-20-12-14-6-3-2-4-7-14/h2-4,6-7H,5,8-13H2,1H3. The molecule has 0 aromatic heterocycles. The van der Waals surface area contributed by atoms with E-state index >= 15 is 0 Å². The van der Waals surface area contributed by atoms with Gasteiger partial charge in [0.25, 0.3) is 0 Å². The summed E-state index contributed by atoms with van der Waals surface area (Å²) in [6.45, 7) is 3.91. The van der Waals surface area contributed by atoms with Crippen LogP contribution in [0.3, 0.4) is 0 Å². The zero-order valence-corrected chi connectivity index (χ0v) is 12.0. The van der Waals surface area contributed by atoms with Gasteiger partial charge in [-0.3, -0.25) is 9.69 Å². The van der Waals surface area contributed by atoms with Crippen molar-refractivity contribution in [2.75, 3.05) is 33.3 Å². The number of carbonyl (C=O) groups is 1. The summed E-state index contributed by atoms with van der Waals surface area (Å²) in [7, 11) is 1.90. The van der Waals surface area contributed by atoms with Crippen molar-refractivity contribution in [2.45, 2.75) is 25.0 Å². The van der Waals surface area contributed by atoms with Crippen molar-refractivity contribution in [3.05, 3.63) is 35.9 Å². The molecule has 4 nitrogen and oxygen atoms in total. The van der Waals surface area contributed by atoms with Crippen molar-refractivity contribution in [3.8, 4) is 0 Å². The van der Waals surface area contributed by atoms with Crippen molar-refractivity contribution >= 4 is 5.91 Å². The number of benzene rings is 1. The molecule has 1 unspecified atom stereocenters. The Morgan fingerprint density at radius 1 is 1.20 bits per heavy atom. The van der Waals surface area contributed by atoms with Gasteiger partial charge in [-0.2, -0.15) is 0 Å². The van der Waals surface area contributed by atoms with Gasteiger partial charge >= 0.3 is 0 Å². The SMILES string of the molecule is CN1CCN2CCCC2(COCc2ccccc2)C1=O. The number of fused-ring (bicyclic) bond motifs is 1. The summed E-state index contributed by atoms with van der Waals surface area (Å²) in [5.74, 6) is 0.231. The van der Waals surface area contributed by atoms with Crippen LogP contribution in [-0.4, -0.2) is 54.5 Å². The summed E-state index contributed by atoms with van der Waals surface area (Å²) in [5, 5.41) is 0. The lowest BCUT2D eigenvalue weighted by Gasteiger charge is -2.44. The van der Waals surface area contributed by atoms with E-state index in [0.29, 0.717) is 13.2 Å². The largest absolute Gasteiger partial charge is 0.374 e. The molecule has 2 aliphatic heterocycles. The van der Waals surface area contributed by atoms with E-state index in [1.54, 1.807) is 0 Å². The molecule has 0 spiro atoms. The fourth-order valence-electron chi connectivity index (χ4n) is 3.37. The Hall–Kier alpha value is -1.39. The molecule has 1 atom stereocenters. The van der Waals surface area contributed by atoms with Gasteiger partial charge in [-0.15, -0.1) is 0 Å². The van der Waals surface area contributed by atoms with E-state index in [1.807, 2.05) is 30.1 Å². The van der Waals surface area contributed by atoms with Crippen LogP contribution in [0.2, 0.25) is 0 Å². The zero-order chi connectivity index (χ0) is 14.0. The number of ether oxygens (including phenoxy) is 1. The maximum absolute atomic E-state index is 12.6. The number of hydrogen-bond donors (Lipinski definition) is 0. The summed E-state index contributed by atoms with van der Waals surface area (Å²) in [6.07, 6.45) is 2.01. The number of rotatable bonds is 4. The third-order valence-corrected chi connectivity index (χ3v) is 4.53. The monoisotopic (exact) mass is 274 g/mol. The molecule has 0 bridgehead atoms. The van der Waals surface area contributed by atoms with Gasteiger partial charge in [-0.1, -0.05) is 30.3 Å². The number of amides is 1. The first kappa shape index (κ1) is 13.6. The predicted octanol–water partition coefficient (Wildman–Crippen LogP) is 1.51. The van der Waals surface area contributed by atoms with E-state index in [0.717, 1.165) is 38.0 Å². The molecule has 2 aliphatic rings. The third kappa shape index (κ3) is 2.34. The molecule has 20 heavy (non-hydrogen) atoms. The Labute approximate surface area is 120 Å². The molecule has 1 aromatic rings. The Balaban J connectivity index is 1.66. The molecule has 2 heterocycles. The van der Waals surface area contributed by atoms with Crippen molar-refractivity contribution in [2.24, 2.45) is 0 Å². The Morgan fingerprint density at radius 2 is 2.00 bits per heavy atom. The molecule has 2 saturated heterocycles. The minimum Gasteiger partial charge on any atom is -0.374 e. The summed E-state index contributed by atoms with van der Waals surface area (Å²) in [4.78, 5) is 16.7. The highest BCUT2D eigenvalue weighted by Gasteiger charge is 2.51. The van der Waals surface area contributed by atoms with E-state index in [-0.39, 0.29) is 5.91 Å². The second-order valence-electron chi connectivity index (χ2n) is 5.83. The second-order valence-corrected chi connectivity index (χ2v) is 5.83. The lowest BCUT2D eigenvalue weighted by Crippen LogP contribution is -2.64. The van der Waals surface area contributed by atoms with Crippen molar-refractivity contribution in [1.29, 1.82) is 0 Å². The van der Waals surface area contributed by atoms with Crippen LogP contribution in [0, 0.1) is 0 Å². The van der Waals surface area contributed by atoms with E-state index < -0.39 is 5.54 Å². The summed E-state index contributed by atoms with van der Waals surface area (Å²) in [5.41, 5.74) is 0.756. The average molecular weight is 274 g/mol. The highest BCUT2D eigenvalue weighted by atomic mass is 16.5. The molecule has 0 aliphatic carbocycles. The van der Waals surface area contributed by atoms with Gasteiger partial charge in [0.05, 0.1) is 13.2 Å². The second kappa shape index (κ2) is 5.54. The molecule has 0 saturated carbocycles. The van der Waals surface area contributed by atoms with Crippen LogP contribution in [0.15, 0.2) is 30.3 Å². The van der Waals surface area contributed by atoms with E-state index in [9.17, 15) is 4.79 Å². The van der Waals surface area contributed by atoms with E-state index in [4.69, 9.17) is 4.74 Å². The van der Waals surface area contributed by atoms with Crippen LogP contribution >= 0.6 is 0 Å². The maximum atomic E-state index is 12.6. The van der Waals surface area contributed by atoms with Crippen molar-refractivity contribution in [1.82, 2.24) is 9.80 Å². The number of nitrogens with zero attached hydrogens (tertiary/aromatic N) is 2. The van der Waals surface area contributed by atoms with E-state index in [2.05, 4.69) is 17.0 Å². The molecule has 108 valence electrons. The summed E-state index contributed by atoms with van der Waals surface area (Å²) >= 11 is 0. The van der Waals surface area contributed by atoms with E-state index in [1.165, 1.54) is 0 Å². The minimum atomic E-state index is -0.401. The average Bonchev–Trinajstić information content (AvgIpc) is 2.89. The normalized spacial score (nSPS) is 26.9. The van der Waals surface area contributed by atoms with Crippen LogP contribution in [0.5, 0.6) is 0 Å². The van der Waals surface area contributed by atoms with Gasteiger partial charge in [0.1, 0.15) is 5.54 Å². The molecule has 0 N–H and O–H groups in total. The zero-order valence-electron chi connectivity index (χ0n) is 12.0. The van der Waals surface area contributed by atoms with Crippen LogP contribution in [0.4, 0.5) is 0 Å². The fourth-order valence-corrected chi connectivity index (χ4v) is 3.37. The topological polar surface area (TPSA) is 32.8 Å². The van der Waals surface area contributed by atoms with Crippen molar-refractivity contribution < 1.29 is 9.53 Å². The first-order valence-corrected chi connectivity index (χ1v) is 7.35. The Kier molecular flexibility index (Phi) is 3.76. The smallest absolute Gasteiger partial charge is 0.245 e. The van der Waals surface area contributed by atoms with Gasteiger partial charge in [-0.05, 0) is 24.9 Å². The quantitative estimate of drug-likeness (QED) is 0.834.